The Morgan fingerprint density at radius 1 is 1.19 bits per heavy atom. The number of halogens is 2. The maximum absolute atomic E-state index is 12.2. The Balaban J connectivity index is 1.69. The molecular formula is C18H16Cl2N4O2S. The van der Waals surface area contributed by atoms with E-state index in [1.54, 1.807) is 25.3 Å². The van der Waals surface area contributed by atoms with Crippen LogP contribution in [0.15, 0.2) is 47.6 Å². The van der Waals surface area contributed by atoms with Gasteiger partial charge in [0.15, 0.2) is 11.0 Å². The number of anilines is 1. The van der Waals surface area contributed by atoms with E-state index in [-0.39, 0.29) is 11.7 Å². The molecule has 1 amide bonds. The zero-order valence-electron chi connectivity index (χ0n) is 14.6. The van der Waals surface area contributed by atoms with Crippen LogP contribution in [0.3, 0.4) is 0 Å². The van der Waals surface area contributed by atoms with Crippen LogP contribution in [0, 0.1) is 0 Å². The molecule has 1 heterocycles. The molecule has 0 atom stereocenters. The van der Waals surface area contributed by atoms with Gasteiger partial charge in [-0.3, -0.25) is 4.79 Å². The average molecular weight is 423 g/mol. The van der Waals surface area contributed by atoms with Crippen LogP contribution in [0.4, 0.5) is 5.69 Å². The fourth-order valence-electron chi connectivity index (χ4n) is 2.42. The predicted molar refractivity (Wildman–Crippen MR) is 109 cm³/mol. The van der Waals surface area contributed by atoms with E-state index in [0.717, 1.165) is 5.56 Å². The van der Waals surface area contributed by atoms with Gasteiger partial charge in [-0.25, -0.2) is 0 Å². The number of thioether (sulfide) groups is 1. The highest BCUT2D eigenvalue weighted by atomic mass is 35.5. The van der Waals surface area contributed by atoms with Gasteiger partial charge in [0.05, 0.1) is 34.2 Å². The molecule has 0 aliphatic carbocycles. The van der Waals surface area contributed by atoms with Gasteiger partial charge in [0.25, 0.3) is 0 Å². The number of amides is 1. The number of benzene rings is 2. The van der Waals surface area contributed by atoms with Gasteiger partial charge in [0.1, 0.15) is 5.75 Å². The number of nitrogens with one attached hydrogen (secondary N) is 1. The molecule has 0 radical (unpaired) electrons. The molecule has 6 nitrogen and oxygen atoms in total. The average Bonchev–Trinajstić information content (AvgIpc) is 3.04. The number of hydrogen-bond donors (Lipinski definition) is 1. The standard InChI is InChI=1S/C18H16Cl2N4O2S/c1-24-17(11-6-3-4-9-14(11)26-2)22-23-18(24)27-10-15(25)21-13-8-5-7-12(19)16(13)20/h3-9H,10H2,1-2H3,(H,21,25). The second-order valence-corrected chi connectivity index (χ2v) is 7.23. The van der Waals surface area contributed by atoms with Crippen LogP contribution in [-0.2, 0) is 11.8 Å². The van der Waals surface area contributed by atoms with Crippen molar-refractivity contribution in [1.29, 1.82) is 0 Å². The number of hydrogen-bond acceptors (Lipinski definition) is 5. The van der Waals surface area contributed by atoms with Crippen molar-refractivity contribution in [2.24, 2.45) is 7.05 Å². The summed E-state index contributed by atoms with van der Waals surface area (Å²) in [4.78, 5) is 12.2. The summed E-state index contributed by atoms with van der Waals surface area (Å²) in [5, 5.41) is 12.5. The number of ether oxygens (including phenoxy) is 1. The molecule has 3 aromatic rings. The molecule has 1 N–H and O–H groups in total. The summed E-state index contributed by atoms with van der Waals surface area (Å²) in [6.45, 7) is 0. The SMILES string of the molecule is COc1ccccc1-c1nnc(SCC(=O)Nc2cccc(Cl)c2Cl)n1C. The molecule has 0 unspecified atom stereocenters. The third-order valence-corrected chi connectivity index (χ3v) is 5.58. The number of carbonyl (C=O) groups is 1. The van der Waals surface area contributed by atoms with E-state index >= 15 is 0 Å². The molecule has 140 valence electrons. The molecule has 27 heavy (non-hydrogen) atoms. The summed E-state index contributed by atoms with van der Waals surface area (Å²) in [6.07, 6.45) is 0. The third-order valence-electron chi connectivity index (χ3n) is 3.74. The van der Waals surface area contributed by atoms with Gasteiger partial charge in [-0.1, -0.05) is 53.2 Å². The van der Waals surface area contributed by atoms with Gasteiger partial charge < -0.3 is 14.6 Å². The highest BCUT2D eigenvalue weighted by Gasteiger charge is 2.16. The Bertz CT molecular complexity index is 978. The van der Waals surface area contributed by atoms with E-state index in [4.69, 9.17) is 27.9 Å². The summed E-state index contributed by atoms with van der Waals surface area (Å²) in [7, 11) is 3.45. The summed E-state index contributed by atoms with van der Waals surface area (Å²) >= 11 is 13.3. The van der Waals surface area contributed by atoms with Crippen LogP contribution < -0.4 is 10.1 Å². The van der Waals surface area contributed by atoms with E-state index in [0.29, 0.717) is 32.5 Å². The van der Waals surface area contributed by atoms with Gasteiger partial charge in [-0.05, 0) is 24.3 Å². The first-order valence-corrected chi connectivity index (χ1v) is 9.65. The largest absolute Gasteiger partial charge is 0.496 e. The topological polar surface area (TPSA) is 69.0 Å². The van der Waals surface area contributed by atoms with Crippen LogP contribution in [-0.4, -0.2) is 33.5 Å². The summed E-state index contributed by atoms with van der Waals surface area (Å²) in [5.74, 6) is 1.30. The highest BCUT2D eigenvalue weighted by molar-refractivity contribution is 7.99. The van der Waals surface area contributed by atoms with Crippen LogP contribution in [0.25, 0.3) is 11.4 Å². The number of nitrogens with zero attached hydrogens (tertiary/aromatic N) is 3. The van der Waals surface area contributed by atoms with Gasteiger partial charge in [-0.15, -0.1) is 10.2 Å². The number of carbonyl (C=O) groups excluding carboxylic acids is 1. The summed E-state index contributed by atoms with van der Waals surface area (Å²) in [6, 6.07) is 12.6. The van der Waals surface area contributed by atoms with Gasteiger partial charge >= 0.3 is 0 Å². The molecule has 9 heteroatoms. The quantitative estimate of drug-likeness (QED) is 0.590. The first-order chi connectivity index (χ1) is 13.0. The maximum atomic E-state index is 12.2. The van der Waals surface area contributed by atoms with Crippen molar-refractivity contribution in [1.82, 2.24) is 14.8 Å². The lowest BCUT2D eigenvalue weighted by Crippen LogP contribution is -2.14. The Kier molecular flexibility index (Phi) is 6.26. The molecule has 0 fully saturated rings. The summed E-state index contributed by atoms with van der Waals surface area (Å²) < 4.78 is 7.20. The van der Waals surface area contributed by atoms with E-state index in [1.165, 1.54) is 11.8 Å². The third kappa shape index (κ3) is 4.37. The molecule has 1 aromatic heterocycles. The van der Waals surface area contributed by atoms with Crippen molar-refractivity contribution < 1.29 is 9.53 Å². The number of para-hydroxylation sites is 1. The molecule has 0 bridgehead atoms. The van der Waals surface area contributed by atoms with Crippen molar-refractivity contribution in [3.8, 4) is 17.1 Å². The van der Waals surface area contributed by atoms with E-state index in [9.17, 15) is 4.79 Å². The van der Waals surface area contributed by atoms with Crippen LogP contribution in [0.2, 0.25) is 10.0 Å². The number of methoxy groups -OCH3 is 1. The Morgan fingerprint density at radius 2 is 1.96 bits per heavy atom. The van der Waals surface area contributed by atoms with Crippen molar-refractivity contribution in [3.63, 3.8) is 0 Å². The molecule has 0 saturated carbocycles. The van der Waals surface area contributed by atoms with Crippen LogP contribution in [0.1, 0.15) is 0 Å². The Morgan fingerprint density at radius 3 is 2.74 bits per heavy atom. The van der Waals surface area contributed by atoms with Crippen LogP contribution >= 0.6 is 35.0 Å². The fourth-order valence-corrected chi connectivity index (χ4v) is 3.48. The number of rotatable bonds is 6. The van der Waals surface area contributed by atoms with E-state index in [2.05, 4.69) is 15.5 Å². The van der Waals surface area contributed by atoms with E-state index < -0.39 is 0 Å². The molecule has 0 saturated heterocycles. The van der Waals surface area contributed by atoms with E-state index in [1.807, 2.05) is 35.9 Å². The minimum absolute atomic E-state index is 0.154. The van der Waals surface area contributed by atoms with Crippen molar-refractivity contribution in [2.45, 2.75) is 5.16 Å². The van der Waals surface area contributed by atoms with Gasteiger partial charge in [-0.2, -0.15) is 0 Å². The summed E-state index contributed by atoms with van der Waals surface area (Å²) in [5.41, 5.74) is 1.31. The lowest BCUT2D eigenvalue weighted by Gasteiger charge is -2.09. The fraction of sp³-hybridized carbons (Fsp3) is 0.167. The molecule has 3 rings (SSSR count). The van der Waals surface area contributed by atoms with Crippen molar-refractivity contribution in [2.75, 3.05) is 18.2 Å². The monoisotopic (exact) mass is 422 g/mol. The molecule has 2 aromatic carbocycles. The first kappa shape index (κ1) is 19.5. The predicted octanol–water partition coefficient (Wildman–Crippen LogP) is 4.53. The second-order valence-electron chi connectivity index (χ2n) is 5.50. The van der Waals surface area contributed by atoms with Crippen LogP contribution in [0.5, 0.6) is 5.75 Å². The van der Waals surface area contributed by atoms with Crippen molar-refractivity contribution >= 4 is 46.6 Å². The lowest BCUT2D eigenvalue weighted by molar-refractivity contribution is -0.113. The minimum Gasteiger partial charge on any atom is -0.496 e. The normalized spacial score (nSPS) is 10.7. The minimum atomic E-state index is -0.217. The second kappa shape index (κ2) is 8.65. The smallest absolute Gasteiger partial charge is 0.234 e. The Labute approximate surface area is 170 Å². The molecule has 0 aliphatic rings. The lowest BCUT2D eigenvalue weighted by atomic mass is 10.2. The molecule has 0 spiro atoms. The molecule has 0 aliphatic heterocycles. The highest BCUT2D eigenvalue weighted by Crippen LogP contribution is 2.31. The zero-order chi connectivity index (χ0) is 19.4. The first-order valence-electron chi connectivity index (χ1n) is 7.90. The maximum Gasteiger partial charge on any atom is 0.234 e. The van der Waals surface area contributed by atoms with Gasteiger partial charge in [0.2, 0.25) is 5.91 Å². The Hall–Kier alpha value is -2.22. The molecular weight excluding hydrogens is 407 g/mol. The van der Waals surface area contributed by atoms with Crippen molar-refractivity contribution in [3.05, 3.63) is 52.5 Å². The zero-order valence-corrected chi connectivity index (χ0v) is 16.9. The van der Waals surface area contributed by atoms with Gasteiger partial charge in [0, 0.05) is 7.05 Å². The number of aromatic nitrogens is 3.